The van der Waals surface area contributed by atoms with Gasteiger partial charge in [0.2, 0.25) is 0 Å². The van der Waals surface area contributed by atoms with Crippen LogP contribution in [0.3, 0.4) is 0 Å². The van der Waals surface area contributed by atoms with E-state index in [4.69, 9.17) is 4.74 Å². The van der Waals surface area contributed by atoms with Crippen molar-refractivity contribution < 1.29 is 14.3 Å². The number of para-hydroxylation sites is 1. The second-order valence-electron chi connectivity index (χ2n) is 6.08. The number of aromatic nitrogens is 2. The number of rotatable bonds is 6. The third-order valence-electron chi connectivity index (χ3n) is 4.05. The molecule has 132 valence electrons. The number of benzene rings is 1. The van der Waals surface area contributed by atoms with Crippen molar-refractivity contribution in [3.05, 3.63) is 64.5 Å². The molecule has 0 aliphatic heterocycles. The molecule has 26 heavy (non-hydrogen) atoms. The molecule has 2 aromatic heterocycles. The first-order chi connectivity index (χ1) is 12.7. The predicted molar refractivity (Wildman–Crippen MR) is 98.8 cm³/mol. The zero-order valence-corrected chi connectivity index (χ0v) is 14.7. The third kappa shape index (κ3) is 3.67. The second kappa shape index (κ2) is 7.13. The number of anilines is 1. The number of carbonyl (C=O) groups excluding carboxylic acids is 2. The number of hydrogen-bond acceptors (Lipinski definition) is 5. The Morgan fingerprint density at radius 3 is 2.69 bits per heavy atom. The van der Waals surface area contributed by atoms with Crippen LogP contribution in [0, 0.1) is 0 Å². The smallest absolute Gasteiger partial charge is 0.348 e. The summed E-state index contributed by atoms with van der Waals surface area (Å²) in [7, 11) is 0. The van der Waals surface area contributed by atoms with E-state index in [9.17, 15) is 9.59 Å². The summed E-state index contributed by atoms with van der Waals surface area (Å²) in [6.07, 6.45) is 2.25. The summed E-state index contributed by atoms with van der Waals surface area (Å²) in [5.74, 6) is 0.155. The lowest BCUT2D eigenvalue weighted by Crippen LogP contribution is -2.22. The van der Waals surface area contributed by atoms with Crippen LogP contribution in [0.15, 0.2) is 53.9 Å². The van der Waals surface area contributed by atoms with Crippen LogP contribution < -0.4 is 5.32 Å². The molecule has 2 heterocycles. The van der Waals surface area contributed by atoms with Crippen molar-refractivity contribution in [1.82, 2.24) is 9.78 Å². The molecule has 7 heteroatoms. The Kier molecular flexibility index (Phi) is 4.53. The van der Waals surface area contributed by atoms with Crippen LogP contribution in [-0.2, 0) is 9.53 Å². The first kappa shape index (κ1) is 16.5. The molecule has 1 aliphatic carbocycles. The summed E-state index contributed by atoms with van der Waals surface area (Å²) >= 11 is 1.28. The van der Waals surface area contributed by atoms with Gasteiger partial charge in [-0.2, -0.15) is 5.10 Å². The lowest BCUT2D eigenvalue weighted by atomic mass is 10.3. The maximum Gasteiger partial charge on any atom is 0.348 e. The van der Waals surface area contributed by atoms with Crippen LogP contribution in [-0.4, -0.2) is 28.3 Å². The van der Waals surface area contributed by atoms with E-state index in [2.05, 4.69) is 10.4 Å². The number of nitrogens with one attached hydrogen (secondary N) is 1. The number of thiophene rings is 1. The Labute approximate surface area is 154 Å². The summed E-state index contributed by atoms with van der Waals surface area (Å²) < 4.78 is 6.78. The lowest BCUT2D eigenvalue weighted by Gasteiger charge is -2.09. The Bertz CT molecular complexity index is 915. The minimum Gasteiger partial charge on any atom is -0.451 e. The first-order valence-electron chi connectivity index (χ1n) is 8.36. The number of hydrogen-bond donors (Lipinski definition) is 1. The number of carbonyl (C=O) groups is 2. The molecule has 3 aromatic rings. The van der Waals surface area contributed by atoms with E-state index in [1.54, 1.807) is 22.2 Å². The minimum absolute atomic E-state index is 0.338. The van der Waals surface area contributed by atoms with Gasteiger partial charge in [0.05, 0.1) is 11.4 Å². The highest BCUT2D eigenvalue weighted by Gasteiger charge is 2.28. The topological polar surface area (TPSA) is 73.2 Å². The maximum absolute atomic E-state index is 12.2. The van der Waals surface area contributed by atoms with Gasteiger partial charge >= 0.3 is 5.97 Å². The number of nitrogens with zero attached hydrogens (tertiary/aromatic N) is 2. The fraction of sp³-hybridized carbons (Fsp3) is 0.211. The van der Waals surface area contributed by atoms with Gasteiger partial charge < -0.3 is 10.1 Å². The SMILES string of the molecule is O=C(COC(=O)c1cccs1)Nc1cc(C2CC2)nn1-c1ccccc1. The zero-order valence-electron chi connectivity index (χ0n) is 13.9. The Morgan fingerprint density at radius 2 is 2.00 bits per heavy atom. The van der Waals surface area contributed by atoms with Gasteiger partial charge in [0, 0.05) is 12.0 Å². The summed E-state index contributed by atoms with van der Waals surface area (Å²) in [5.41, 5.74) is 1.84. The van der Waals surface area contributed by atoms with E-state index in [0.29, 0.717) is 16.6 Å². The van der Waals surface area contributed by atoms with Crippen molar-refractivity contribution in [2.24, 2.45) is 0 Å². The first-order valence-corrected chi connectivity index (χ1v) is 9.24. The van der Waals surface area contributed by atoms with Crippen LogP contribution in [0.1, 0.15) is 34.1 Å². The summed E-state index contributed by atoms with van der Waals surface area (Å²) in [4.78, 5) is 24.6. The average molecular weight is 367 g/mol. The van der Waals surface area contributed by atoms with E-state index in [-0.39, 0.29) is 6.61 Å². The van der Waals surface area contributed by atoms with Crippen LogP contribution in [0.2, 0.25) is 0 Å². The molecule has 0 saturated heterocycles. The molecule has 1 aromatic carbocycles. The van der Waals surface area contributed by atoms with Crippen LogP contribution >= 0.6 is 11.3 Å². The molecular weight excluding hydrogens is 350 g/mol. The Hall–Kier alpha value is -2.93. The number of amides is 1. The van der Waals surface area contributed by atoms with Crippen LogP contribution in [0.4, 0.5) is 5.82 Å². The van der Waals surface area contributed by atoms with Gasteiger partial charge in [-0.25, -0.2) is 9.48 Å². The molecule has 1 aliphatic rings. The van der Waals surface area contributed by atoms with E-state index < -0.39 is 11.9 Å². The molecule has 1 N–H and O–H groups in total. The molecule has 0 unspecified atom stereocenters. The van der Waals surface area contributed by atoms with E-state index in [1.807, 2.05) is 36.4 Å². The van der Waals surface area contributed by atoms with E-state index in [1.165, 1.54) is 11.3 Å². The van der Waals surface area contributed by atoms with Gasteiger partial charge in [0.15, 0.2) is 6.61 Å². The summed E-state index contributed by atoms with van der Waals surface area (Å²) in [6, 6.07) is 14.9. The van der Waals surface area contributed by atoms with Gasteiger partial charge in [0.1, 0.15) is 10.7 Å². The van der Waals surface area contributed by atoms with Crippen molar-refractivity contribution in [2.75, 3.05) is 11.9 Å². The fourth-order valence-corrected chi connectivity index (χ4v) is 3.22. The lowest BCUT2D eigenvalue weighted by molar-refractivity contribution is -0.119. The predicted octanol–water partition coefficient (Wildman–Crippen LogP) is 3.61. The second-order valence-corrected chi connectivity index (χ2v) is 7.03. The highest BCUT2D eigenvalue weighted by atomic mass is 32.1. The summed E-state index contributed by atoms with van der Waals surface area (Å²) in [6.45, 7) is -0.338. The van der Waals surface area contributed by atoms with Gasteiger partial charge in [-0.05, 0) is 36.4 Å². The van der Waals surface area contributed by atoms with Crippen molar-refractivity contribution >= 4 is 29.0 Å². The quantitative estimate of drug-likeness (QED) is 0.676. The fourth-order valence-electron chi connectivity index (χ4n) is 2.61. The zero-order chi connectivity index (χ0) is 17.9. The van der Waals surface area contributed by atoms with Gasteiger partial charge in [-0.1, -0.05) is 24.3 Å². The Balaban J connectivity index is 1.46. The largest absolute Gasteiger partial charge is 0.451 e. The monoisotopic (exact) mass is 367 g/mol. The van der Waals surface area contributed by atoms with Crippen LogP contribution in [0.5, 0.6) is 0 Å². The van der Waals surface area contributed by atoms with Gasteiger partial charge in [0.25, 0.3) is 5.91 Å². The Morgan fingerprint density at radius 1 is 1.19 bits per heavy atom. The molecule has 1 amide bonds. The van der Waals surface area contributed by atoms with Gasteiger partial charge in [-0.15, -0.1) is 11.3 Å². The molecule has 0 atom stereocenters. The average Bonchev–Trinajstić information content (AvgIpc) is 3.19. The van der Waals surface area contributed by atoms with Crippen molar-refractivity contribution in [2.45, 2.75) is 18.8 Å². The van der Waals surface area contributed by atoms with Crippen molar-refractivity contribution in [3.8, 4) is 5.69 Å². The molecule has 0 bridgehead atoms. The molecule has 1 fully saturated rings. The van der Waals surface area contributed by atoms with Gasteiger partial charge in [-0.3, -0.25) is 4.79 Å². The summed E-state index contributed by atoms with van der Waals surface area (Å²) in [5, 5.41) is 9.21. The highest BCUT2D eigenvalue weighted by molar-refractivity contribution is 7.11. The molecule has 0 radical (unpaired) electrons. The molecule has 0 spiro atoms. The highest BCUT2D eigenvalue weighted by Crippen LogP contribution is 2.40. The maximum atomic E-state index is 12.2. The number of ether oxygens (including phenoxy) is 1. The minimum atomic E-state index is -0.495. The molecule has 1 saturated carbocycles. The molecule has 6 nitrogen and oxygen atoms in total. The number of esters is 1. The van der Waals surface area contributed by atoms with Crippen LogP contribution in [0.25, 0.3) is 5.69 Å². The van der Waals surface area contributed by atoms with E-state index in [0.717, 1.165) is 24.2 Å². The molecular formula is C19H17N3O3S. The van der Waals surface area contributed by atoms with E-state index >= 15 is 0 Å². The van der Waals surface area contributed by atoms with Crippen molar-refractivity contribution in [3.63, 3.8) is 0 Å². The standard InChI is InChI=1S/C19H17N3O3S/c23-18(12-25-19(24)16-7-4-10-26-16)20-17-11-15(13-8-9-13)21-22(17)14-5-2-1-3-6-14/h1-7,10-11,13H,8-9,12H2,(H,20,23). The third-order valence-corrected chi connectivity index (χ3v) is 4.90. The normalized spacial score (nSPS) is 13.4. The van der Waals surface area contributed by atoms with Crippen molar-refractivity contribution in [1.29, 1.82) is 0 Å². The molecule has 4 rings (SSSR count).